The van der Waals surface area contributed by atoms with Crippen LogP contribution in [0.15, 0.2) is 0 Å². The first-order valence-electron chi connectivity index (χ1n) is 5.43. The largest absolute Gasteiger partial charge is 0.480 e. The van der Waals surface area contributed by atoms with Gasteiger partial charge in [0.25, 0.3) is 0 Å². The summed E-state index contributed by atoms with van der Waals surface area (Å²) >= 11 is 0. The second kappa shape index (κ2) is 4.31. The van der Waals surface area contributed by atoms with Gasteiger partial charge in [-0.1, -0.05) is 6.92 Å². The number of hydrogen-bond acceptors (Lipinski definition) is 3. The number of carboxylic acid groups (broad SMARTS) is 1. The molecule has 0 radical (unpaired) electrons. The molecule has 92 valence electrons. The van der Waals surface area contributed by atoms with Gasteiger partial charge in [0, 0.05) is 6.54 Å². The molecule has 0 aromatic carbocycles. The summed E-state index contributed by atoms with van der Waals surface area (Å²) in [4.78, 5) is 24.0. The van der Waals surface area contributed by atoms with Crippen LogP contribution in [0.25, 0.3) is 0 Å². The number of amides is 1. The minimum atomic E-state index is -0.963. The molecule has 0 bridgehead atoms. The second-order valence-corrected chi connectivity index (χ2v) is 5.33. The van der Waals surface area contributed by atoms with Crippen LogP contribution in [0.2, 0.25) is 0 Å². The van der Waals surface area contributed by atoms with Gasteiger partial charge in [-0.25, -0.2) is 9.59 Å². The number of aliphatic carboxylic acids is 1. The smallest absolute Gasteiger partial charge is 0.411 e. The van der Waals surface area contributed by atoms with E-state index in [9.17, 15) is 9.59 Å². The molecule has 1 rings (SSSR count). The van der Waals surface area contributed by atoms with Crippen molar-refractivity contribution in [3.05, 3.63) is 0 Å². The quantitative estimate of drug-likeness (QED) is 0.743. The average Bonchev–Trinajstić information content (AvgIpc) is 2.44. The lowest BCUT2D eigenvalue weighted by Crippen LogP contribution is -2.43. The summed E-state index contributed by atoms with van der Waals surface area (Å²) in [6, 6.07) is -0.746. The Hall–Kier alpha value is -1.26. The van der Waals surface area contributed by atoms with Crippen LogP contribution < -0.4 is 0 Å². The zero-order chi connectivity index (χ0) is 12.5. The number of hydrogen-bond donors (Lipinski definition) is 1. The van der Waals surface area contributed by atoms with E-state index in [1.165, 1.54) is 4.90 Å². The van der Waals surface area contributed by atoms with Crippen LogP contribution >= 0.6 is 0 Å². The van der Waals surface area contributed by atoms with Gasteiger partial charge in [0.15, 0.2) is 0 Å². The molecule has 1 amide bonds. The van der Waals surface area contributed by atoms with Crippen molar-refractivity contribution in [2.45, 2.75) is 45.8 Å². The molecular weight excluding hydrogens is 210 g/mol. The summed E-state index contributed by atoms with van der Waals surface area (Å²) in [5.74, 6) is -0.760. The summed E-state index contributed by atoms with van der Waals surface area (Å²) in [5.41, 5.74) is -0.591. The van der Waals surface area contributed by atoms with Gasteiger partial charge in [-0.05, 0) is 33.1 Å². The first-order chi connectivity index (χ1) is 7.20. The first-order valence-corrected chi connectivity index (χ1v) is 5.43. The zero-order valence-electron chi connectivity index (χ0n) is 10.2. The van der Waals surface area contributed by atoms with E-state index in [2.05, 4.69) is 0 Å². The third-order valence-electron chi connectivity index (χ3n) is 2.42. The van der Waals surface area contributed by atoms with Crippen molar-refractivity contribution in [3.63, 3.8) is 0 Å². The van der Waals surface area contributed by atoms with Gasteiger partial charge in [0.05, 0.1) is 0 Å². The highest BCUT2D eigenvalue weighted by molar-refractivity contribution is 5.80. The van der Waals surface area contributed by atoms with E-state index in [1.54, 1.807) is 20.8 Å². The van der Waals surface area contributed by atoms with Gasteiger partial charge in [0.1, 0.15) is 11.6 Å². The minimum Gasteiger partial charge on any atom is -0.480 e. The lowest BCUT2D eigenvalue weighted by atomic mass is 10.1. The number of carbonyl (C=O) groups excluding carboxylic acids is 1. The van der Waals surface area contributed by atoms with Crippen molar-refractivity contribution >= 4 is 12.1 Å². The molecule has 16 heavy (non-hydrogen) atoms. The summed E-state index contributed by atoms with van der Waals surface area (Å²) in [6.07, 6.45) is -0.0431. The molecule has 0 aliphatic carbocycles. The molecule has 0 aromatic heterocycles. The van der Waals surface area contributed by atoms with E-state index in [0.717, 1.165) is 0 Å². The molecule has 1 unspecified atom stereocenters. The third kappa shape index (κ3) is 3.12. The van der Waals surface area contributed by atoms with E-state index in [1.807, 2.05) is 6.92 Å². The number of nitrogens with zero attached hydrogens (tertiary/aromatic N) is 1. The number of ether oxygens (including phenoxy) is 1. The van der Waals surface area contributed by atoms with Crippen molar-refractivity contribution in [2.24, 2.45) is 5.92 Å². The minimum absolute atomic E-state index is 0.202. The molecule has 2 atom stereocenters. The van der Waals surface area contributed by atoms with Gasteiger partial charge in [0.2, 0.25) is 0 Å². The van der Waals surface area contributed by atoms with Gasteiger partial charge in [-0.3, -0.25) is 4.90 Å². The monoisotopic (exact) mass is 229 g/mol. The predicted octanol–water partition coefficient (Wildman–Crippen LogP) is 1.72. The molecule has 0 aromatic rings. The van der Waals surface area contributed by atoms with Crippen LogP contribution in [0.1, 0.15) is 34.1 Å². The number of rotatable bonds is 1. The van der Waals surface area contributed by atoms with E-state index in [0.29, 0.717) is 13.0 Å². The van der Waals surface area contributed by atoms with E-state index < -0.39 is 23.7 Å². The van der Waals surface area contributed by atoms with Crippen LogP contribution in [0.3, 0.4) is 0 Å². The summed E-state index contributed by atoms with van der Waals surface area (Å²) in [5, 5.41) is 9.00. The molecular formula is C11H19NO4. The van der Waals surface area contributed by atoms with Crippen LogP contribution in [-0.2, 0) is 9.53 Å². The van der Waals surface area contributed by atoms with Crippen LogP contribution in [0, 0.1) is 5.92 Å². The molecule has 1 aliphatic heterocycles. The fraction of sp³-hybridized carbons (Fsp3) is 0.818. The normalized spacial score (nSPS) is 25.6. The van der Waals surface area contributed by atoms with E-state index in [-0.39, 0.29) is 5.92 Å². The molecule has 0 spiro atoms. The van der Waals surface area contributed by atoms with E-state index in [4.69, 9.17) is 9.84 Å². The maximum Gasteiger partial charge on any atom is 0.411 e. The molecule has 1 N–H and O–H groups in total. The van der Waals surface area contributed by atoms with Crippen LogP contribution in [-0.4, -0.2) is 40.3 Å². The molecule has 1 heterocycles. The Labute approximate surface area is 95.4 Å². The summed E-state index contributed by atoms with van der Waals surface area (Å²) in [6.45, 7) is 7.67. The molecule has 5 heteroatoms. The molecule has 5 nitrogen and oxygen atoms in total. The van der Waals surface area contributed by atoms with E-state index >= 15 is 0 Å². The van der Waals surface area contributed by atoms with Gasteiger partial charge in [-0.15, -0.1) is 0 Å². The third-order valence-corrected chi connectivity index (χ3v) is 2.42. The van der Waals surface area contributed by atoms with Crippen molar-refractivity contribution in [2.75, 3.05) is 6.54 Å². The fourth-order valence-corrected chi connectivity index (χ4v) is 1.80. The number of likely N-dealkylation sites (tertiary alicyclic amines) is 1. The average molecular weight is 229 g/mol. The first kappa shape index (κ1) is 12.8. The fourth-order valence-electron chi connectivity index (χ4n) is 1.80. The lowest BCUT2D eigenvalue weighted by Gasteiger charge is -2.26. The highest BCUT2D eigenvalue weighted by Crippen LogP contribution is 2.25. The Bertz CT molecular complexity index is 295. The topological polar surface area (TPSA) is 66.8 Å². The number of carboxylic acids is 1. The summed E-state index contributed by atoms with van der Waals surface area (Å²) < 4.78 is 5.17. The second-order valence-electron chi connectivity index (χ2n) is 5.33. The van der Waals surface area contributed by atoms with Crippen molar-refractivity contribution in [1.29, 1.82) is 0 Å². The zero-order valence-corrected chi connectivity index (χ0v) is 10.2. The Morgan fingerprint density at radius 3 is 2.38 bits per heavy atom. The Morgan fingerprint density at radius 1 is 1.38 bits per heavy atom. The Morgan fingerprint density at radius 2 is 1.94 bits per heavy atom. The Kier molecular flexibility index (Phi) is 3.45. The maximum atomic E-state index is 11.8. The SMILES string of the molecule is C[C@@H]1CC(C(=O)O)N(C(=O)OC(C)(C)C)C1. The lowest BCUT2D eigenvalue weighted by molar-refractivity contribution is -0.142. The molecule has 0 saturated carbocycles. The van der Waals surface area contributed by atoms with Crippen LogP contribution in [0.4, 0.5) is 4.79 Å². The van der Waals surface area contributed by atoms with Crippen LogP contribution in [0.5, 0.6) is 0 Å². The standard InChI is InChI=1S/C11H19NO4/c1-7-5-8(9(13)14)12(6-7)10(15)16-11(2,3)4/h7-8H,5-6H2,1-4H3,(H,13,14)/t7-,8?/m1/s1. The predicted molar refractivity (Wildman–Crippen MR) is 58.1 cm³/mol. The van der Waals surface area contributed by atoms with Gasteiger partial charge < -0.3 is 9.84 Å². The summed E-state index contributed by atoms with van der Waals surface area (Å²) in [7, 11) is 0. The van der Waals surface area contributed by atoms with Crippen molar-refractivity contribution in [3.8, 4) is 0 Å². The molecule has 1 fully saturated rings. The van der Waals surface area contributed by atoms with Gasteiger partial charge >= 0.3 is 12.1 Å². The van der Waals surface area contributed by atoms with Crippen molar-refractivity contribution < 1.29 is 19.4 Å². The highest BCUT2D eigenvalue weighted by atomic mass is 16.6. The highest BCUT2D eigenvalue weighted by Gasteiger charge is 2.39. The van der Waals surface area contributed by atoms with Crippen molar-refractivity contribution in [1.82, 2.24) is 4.90 Å². The Balaban J connectivity index is 2.71. The number of carbonyl (C=O) groups is 2. The van der Waals surface area contributed by atoms with Gasteiger partial charge in [-0.2, -0.15) is 0 Å². The molecule has 1 saturated heterocycles. The molecule has 1 aliphatic rings. The maximum absolute atomic E-state index is 11.8.